The molecule has 5 nitrogen and oxygen atoms in total. The Morgan fingerprint density at radius 1 is 1.04 bits per heavy atom. The smallest absolute Gasteiger partial charge is 0.253 e. The van der Waals surface area contributed by atoms with Crippen LogP contribution in [0.15, 0.2) is 24.3 Å². The molecule has 2 aliphatic rings. The van der Waals surface area contributed by atoms with Crippen LogP contribution in [0.2, 0.25) is 0 Å². The maximum Gasteiger partial charge on any atom is 0.253 e. The highest BCUT2D eigenvalue weighted by atomic mass is 16.3. The van der Waals surface area contributed by atoms with Gasteiger partial charge in [-0.15, -0.1) is 0 Å². The van der Waals surface area contributed by atoms with Crippen molar-refractivity contribution in [2.75, 3.05) is 26.2 Å². The Morgan fingerprint density at radius 3 is 2.30 bits per heavy atom. The average Bonchev–Trinajstić information content (AvgIpc) is 3.20. The van der Waals surface area contributed by atoms with Crippen molar-refractivity contribution < 1.29 is 14.7 Å². The molecule has 27 heavy (non-hydrogen) atoms. The first-order valence-electron chi connectivity index (χ1n) is 10.2. The van der Waals surface area contributed by atoms with Crippen LogP contribution in [0.4, 0.5) is 0 Å². The van der Waals surface area contributed by atoms with Crippen molar-refractivity contribution in [3.63, 3.8) is 0 Å². The predicted octanol–water partition coefficient (Wildman–Crippen LogP) is 2.86. The average molecular weight is 373 g/mol. The molecule has 0 radical (unpaired) electrons. The summed E-state index contributed by atoms with van der Waals surface area (Å²) in [4.78, 5) is 29.4. The molecule has 148 valence electrons. The van der Waals surface area contributed by atoms with Crippen LogP contribution in [0.1, 0.15) is 61.9 Å². The Balaban J connectivity index is 1.58. The minimum absolute atomic E-state index is 0.0166. The molecule has 5 heteroatoms. The van der Waals surface area contributed by atoms with Crippen LogP contribution in [-0.2, 0) is 11.2 Å². The molecular weight excluding hydrogens is 340 g/mol. The number of aliphatic hydroxyl groups is 1. The monoisotopic (exact) mass is 372 g/mol. The minimum atomic E-state index is -0.681. The maximum absolute atomic E-state index is 12.9. The largest absolute Gasteiger partial charge is 0.390 e. The van der Waals surface area contributed by atoms with Crippen LogP contribution in [0.5, 0.6) is 0 Å². The van der Waals surface area contributed by atoms with E-state index in [4.69, 9.17) is 0 Å². The van der Waals surface area contributed by atoms with Gasteiger partial charge < -0.3 is 14.9 Å². The summed E-state index contributed by atoms with van der Waals surface area (Å²) in [7, 11) is 0. The Hall–Kier alpha value is -1.88. The molecule has 2 amide bonds. The lowest BCUT2D eigenvalue weighted by molar-refractivity contribution is -0.135. The first-order chi connectivity index (χ1) is 12.8. The molecule has 0 aromatic heterocycles. The van der Waals surface area contributed by atoms with Gasteiger partial charge in [0, 0.05) is 31.7 Å². The molecule has 2 saturated heterocycles. The Labute approximate surface area is 162 Å². The standard InChI is InChI=1S/C22H32N2O3/c1-22(2,27)12-11-17-7-9-18(10-8-17)20(25)24-15-5-6-19(16-24)21(26)23-13-3-4-14-23/h7-10,19,27H,3-6,11-16H2,1-2H3/t19-/m1/s1. The molecule has 1 aromatic rings. The Kier molecular flexibility index (Phi) is 6.20. The molecular formula is C22H32N2O3. The van der Waals surface area contributed by atoms with E-state index >= 15 is 0 Å². The first kappa shape index (κ1) is 19.9. The van der Waals surface area contributed by atoms with Gasteiger partial charge in [0.2, 0.25) is 5.91 Å². The van der Waals surface area contributed by atoms with Crippen LogP contribution in [0.25, 0.3) is 0 Å². The topological polar surface area (TPSA) is 60.9 Å². The summed E-state index contributed by atoms with van der Waals surface area (Å²) in [6.45, 7) is 6.62. The van der Waals surface area contributed by atoms with Gasteiger partial charge in [-0.2, -0.15) is 0 Å². The van der Waals surface area contributed by atoms with Gasteiger partial charge in [0.1, 0.15) is 0 Å². The van der Waals surface area contributed by atoms with Gasteiger partial charge in [0.15, 0.2) is 0 Å². The van der Waals surface area contributed by atoms with E-state index in [1.54, 1.807) is 13.8 Å². The lowest BCUT2D eigenvalue weighted by atomic mass is 9.95. The second kappa shape index (κ2) is 8.42. The second-order valence-electron chi connectivity index (χ2n) is 8.63. The van der Waals surface area contributed by atoms with E-state index in [1.807, 2.05) is 34.1 Å². The van der Waals surface area contributed by atoms with Gasteiger partial charge in [-0.25, -0.2) is 0 Å². The lowest BCUT2D eigenvalue weighted by Gasteiger charge is -2.34. The SMILES string of the molecule is CC(C)(O)CCc1ccc(C(=O)N2CCC[C@@H](C(=O)N3CCCC3)C2)cc1. The molecule has 0 bridgehead atoms. The van der Waals surface area contributed by atoms with Gasteiger partial charge >= 0.3 is 0 Å². The van der Waals surface area contributed by atoms with Gasteiger partial charge in [-0.1, -0.05) is 12.1 Å². The highest BCUT2D eigenvalue weighted by Crippen LogP contribution is 2.23. The van der Waals surface area contributed by atoms with E-state index in [-0.39, 0.29) is 17.7 Å². The summed E-state index contributed by atoms with van der Waals surface area (Å²) in [5.74, 6) is 0.196. The van der Waals surface area contributed by atoms with Crippen LogP contribution in [0.3, 0.4) is 0 Å². The number of hydrogen-bond donors (Lipinski definition) is 1. The molecule has 0 saturated carbocycles. The quantitative estimate of drug-likeness (QED) is 0.865. The van der Waals surface area contributed by atoms with Gasteiger partial charge in [-0.05, 0) is 70.1 Å². The third-order valence-electron chi connectivity index (χ3n) is 5.70. The molecule has 2 heterocycles. The van der Waals surface area contributed by atoms with E-state index in [1.165, 1.54) is 0 Å². The van der Waals surface area contributed by atoms with E-state index in [2.05, 4.69) is 0 Å². The molecule has 0 unspecified atom stereocenters. The summed E-state index contributed by atoms with van der Waals surface area (Å²) in [6.07, 6.45) is 5.44. The highest BCUT2D eigenvalue weighted by Gasteiger charge is 2.32. The van der Waals surface area contributed by atoms with E-state index < -0.39 is 5.60 Å². The van der Waals surface area contributed by atoms with E-state index in [9.17, 15) is 14.7 Å². The number of carbonyl (C=O) groups is 2. The number of aryl methyl sites for hydroxylation is 1. The molecule has 2 fully saturated rings. The number of nitrogens with zero attached hydrogens (tertiary/aromatic N) is 2. The van der Waals surface area contributed by atoms with Crippen LogP contribution < -0.4 is 0 Å². The lowest BCUT2D eigenvalue weighted by Crippen LogP contribution is -2.46. The van der Waals surface area contributed by atoms with E-state index in [0.29, 0.717) is 18.5 Å². The number of rotatable bonds is 5. The van der Waals surface area contributed by atoms with Crippen LogP contribution >= 0.6 is 0 Å². The van der Waals surface area contributed by atoms with Crippen molar-refractivity contribution in [3.8, 4) is 0 Å². The molecule has 2 aliphatic heterocycles. The first-order valence-corrected chi connectivity index (χ1v) is 10.2. The predicted molar refractivity (Wildman–Crippen MR) is 106 cm³/mol. The zero-order valence-electron chi connectivity index (χ0n) is 16.6. The third kappa shape index (κ3) is 5.32. The van der Waals surface area contributed by atoms with Gasteiger partial charge in [0.05, 0.1) is 11.5 Å². The van der Waals surface area contributed by atoms with Crippen molar-refractivity contribution in [3.05, 3.63) is 35.4 Å². The molecule has 3 rings (SSSR count). The van der Waals surface area contributed by atoms with Crippen LogP contribution in [-0.4, -0.2) is 58.5 Å². The van der Waals surface area contributed by atoms with E-state index in [0.717, 1.165) is 57.3 Å². The number of hydrogen-bond acceptors (Lipinski definition) is 3. The molecule has 1 atom stereocenters. The molecule has 0 aliphatic carbocycles. The number of benzene rings is 1. The van der Waals surface area contributed by atoms with Crippen molar-refractivity contribution in [2.45, 2.75) is 58.0 Å². The number of piperidine rings is 1. The van der Waals surface area contributed by atoms with Gasteiger partial charge in [0.25, 0.3) is 5.91 Å². The second-order valence-corrected chi connectivity index (χ2v) is 8.63. The normalized spacial score (nSPS) is 20.8. The minimum Gasteiger partial charge on any atom is -0.390 e. The number of amides is 2. The molecule has 0 spiro atoms. The summed E-state index contributed by atoms with van der Waals surface area (Å²) in [5, 5.41) is 9.85. The van der Waals surface area contributed by atoms with Crippen molar-refractivity contribution in [1.82, 2.24) is 9.80 Å². The Morgan fingerprint density at radius 2 is 1.67 bits per heavy atom. The van der Waals surface area contributed by atoms with Crippen molar-refractivity contribution in [1.29, 1.82) is 0 Å². The number of likely N-dealkylation sites (tertiary alicyclic amines) is 2. The van der Waals surface area contributed by atoms with Crippen molar-refractivity contribution >= 4 is 11.8 Å². The fraction of sp³-hybridized carbons (Fsp3) is 0.636. The summed E-state index contributed by atoms with van der Waals surface area (Å²) in [6, 6.07) is 7.67. The summed E-state index contributed by atoms with van der Waals surface area (Å²) >= 11 is 0. The fourth-order valence-electron chi connectivity index (χ4n) is 4.01. The fourth-order valence-corrected chi connectivity index (χ4v) is 4.01. The van der Waals surface area contributed by atoms with Crippen LogP contribution in [0, 0.1) is 5.92 Å². The van der Waals surface area contributed by atoms with Crippen molar-refractivity contribution in [2.24, 2.45) is 5.92 Å². The Bertz CT molecular complexity index is 657. The summed E-state index contributed by atoms with van der Waals surface area (Å²) < 4.78 is 0. The zero-order chi connectivity index (χ0) is 19.4. The third-order valence-corrected chi connectivity index (χ3v) is 5.70. The van der Waals surface area contributed by atoms with Gasteiger partial charge in [-0.3, -0.25) is 9.59 Å². The molecule has 1 aromatic carbocycles. The number of carbonyl (C=O) groups excluding carboxylic acids is 2. The maximum atomic E-state index is 12.9. The zero-order valence-corrected chi connectivity index (χ0v) is 16.6. The molecule has 1 N–H and O–H groups in total. The summed E-state index contributed by atoms with van der Waals surface area (Å²) in [5.41, 5.74) is 1.12. The highest BCUT2D eigenvalue weighted by molar-refractivity contribution is 5.94.